The fourth-order valence-electron chi connectivity index (χ4n) is 1.34. The molecule has 0 aromatic carbocycles. The number of alkyl halides is 3. The summed E-state index contributed by atoms with van der Waals surface area (Å²) < 4.78 is 60.2. The number of carboxylic acids is 1. The van der Waals surface area contributed by atoms with Gasteiger partial charge in [-0.1, -0.05) is 6.42 Å². The third-order valence-corrected chi connectivity index (χ3v) is 3.73. The van der Waals surface area contributed by atoms with Crippen LogP contribution in [0.25, 0.3) is 0 Å². The van der Waals surface area contributed by atoms with E-state index in [9.17, 15) is 26.4 Å². The lowest BCUT2D eigenvalue weighted by Gasteiger charge is -2.08. The van der Waals surface area contributed by atoms with Crippen LogP contribution in [0.2, 0.25) is 0 Å². The number of carbonyl (C=O) groups is 1. The first kappa shape index (κ1) is 18.2. The third kappa shape index (κ3) is 13.4. The molecule has 114 valence electrons. The van der Waals surface area contributed by atoms with Crippen molar-refractivity contribution in [2.24, 2.45) is 0 Å². The Morgan fingerprint density at radius 3 is 2.26 bits per heavy atom. The number of hydrogen-bond acceptors (Lipinski definition) is 3. The lowest BCUT2D eigenvalue weighted by atomic mass is 10.2. The lowest BCUT2D eigenvalue weighted by molar-refractivity contribution is -0.137. The molecule has 0 unspecified atom stereocenters. The van der Waals surface area contributed by atoms with Crippen molar-refractivity contribution in [3.05, 3.63) is 0 Å². The predicted octanol–water partition coefficient (Wildman–Crippen LogP) is 1.89. The van der Waals surface area contributed by atoms with Crippen LogP contribution in [-0.2, 0) is 14.8 Å². The van der Waals surface area contributed by atoms with Crippen molar-refractivity contribution in [2.45, 2.75) is 44.7 Å². The Morgan fingerprint density at radius 1 is 1.11 bits per heavy atom. The number of rotatable bonds is 10. The first-order valence-corrected chi connectivity index (χ1v) is 7.53. The van der Waals surface area contributed by atoms with Crippen LogP contribution >= 0.6 is 0 Å². The van der Waals surface area contributed by atoms with Gasteiger partial charge in [0.15, 0.2) is 0 Å². The van der Waals surface area contributed by atoms with Gasteiger partial charge >= 0.3 is 12.1 Å². The Kier molecular flexibility index (Phi) is 8.00. The van der Waals surface area contributed by atoms with E-state index in [1.54, 1.807) is 0 Å². The molecule has 0 saturated heterocycles. The molecule has 0 aromatic rings. The smallest absolute Gasteiger partial charge is 0.389 e. The van der Waals surface area contributed by atoms with Crippen molar-refractivity contribution in [3.8, 4) is 0 Å². The second-order valence-electron chi connectivity index (χ2n) is 4.14. The number of halogens is 3. The van der Waals surface area contributed by atoms with Crippen LogP contribution in [0.4, 0.5) is 13.2 Å². The zero-order valence-electron chi connectivity index (χ0n) is 10.4. The van der Waals surface area contributed by atoms with Gasteiger partial charge in [-0.05, 0) is 19.3 Å². The van der Waals surface area contributed by atoms with Crippen LogP contribution in [0.5, 0.6) is 0 Å². The molecule has 9 heteroatoms. The van der Waals surface area contributed by atoms with E-state index in [0.717, 1.165) is 0 Å². The lowest BCUT2D eigenvalue weighted by Crippen LogP contribution is -2.28. The summed E-state index contributed by atoms with van der Waals surface area (Å²) in [6, 6.07) is 0. The topological polar surface area (TPSA) is 83.5 Å². The van der Waals surface area contributed by atoms with Gasteiger partial charge in [-0.2, -0.15) is 13.2 Å². The summed E-state index contributed by atoms with van der Waals surface area (Å²) in [7, 11) is -3.67. The molecule has 0 radical (unpaired) electrons. The maximum atomic E-state index is 11.8. The van der Waals surface area contributed by atoms with E-state index in [-0.39, 0.29) is 13.0 Å². The zero-order chi connectivity index (χ0) is 14.9. The van der Waals surface area contributed by atoms with Gasteiger partial charge in [0.25, 0.3) is 0 Å². The second kappa shape index (κ2) is 8.36. The minimum atomic E-state index is -4.34. The summed E-state index contributed by atoms with van der Waals surface area (Å²) in [5, 5.41) is 8.36. The van der Waals surface area contributed by atoms with Gasteiger partial charge in [0.1, 0.15) is 0 Å². The molecular formula is C10H18F3NO4S. The van der Waals surface area contributed by atoms with Crippen molar-refractivity contribution >= 4 is 16.0 Å². The van der Waals surface area contributed by atoms with Gasteiger partial charge in [0.05, 0.1) is 5.75 Å². The Bertz CT molecular complexity index is 367. The SMILES string of the molecule is O=C(O)CCCCCNS(=O)(=O)CCCC(F)(F)F. The summed E-state index contributed by atoms with van der Waals surface area (Å²) in [6.07, 6.45) is -4.43. The van der Waals surface area contributed by atoms with Gasteiger partial charge in [-0.3, -0.25) is 4.79 Å². The van der Waals surface area contributed by atoms with E-state index in [4.69, 9.17) is 5.11 Å². The summed E-state index contributed by atoms with van der Waals surface area (Å²) >= 11 is 0. The highest BCUT2D eigenvalue weighted by atomic mass is 32.2. The molecule has 0 atom stereocenters. The monoisotopic (exact) mass is 305 g/mol. The van der Waals surface area contributed by atoms with Crippen LogP contribution in [0, 0.1) is 0 Å². The van der Waals surface area contributed by atoms with Gasteiger partial charge in [0.2, 0.25) is 10.0 Å². The standard InChI is InChI=1S/C10H18F3NO4S/c11-10(12,13)6-4-8-19(17,18)14-7-3-1-2-5-9(15)16/h14H,1-8H2,(H,15,16). The second-order valence-corrected chi connectivity index (χ2v) is 6.06. The molecule has 2 N–H and O–H groups in total. The number of hydrogen-bond donors (Lipinski definition) is 2. The van der Waals surface area contributed by atoms with Crippen molar-refractivity contribution in [3.63, 3.8) is 0 Å². The highest BCUT2D eigenvalue weighted by molar-refractivity contribution is 7.89. The maximum Gasteiger partial charge on any atom is 0.389 e. The Balaban J connectivity index is 3.65. The van der Waals surface area contributed by atoms with Crippen LogP contribution in [0.1, 0.15) is 38.5 Å². The third-order valence-electron chi connectivity index (χ3n) is 2.26. The number of aliphatic carboxylic acids is 1. The quantitative estimate of drug-likeness (QED) is 0.604. The van der Waals surface area contributed by atoms with Crippen molar-refractivity contribution < 1.29 is 31.5 Å². The maximum absolute atomic E-state index is 11.8. The summed E-state index contributed by atoms with van der Waals surface area (Å²) in [5.41, 5.74) is 0. The number of nitrogens with one attached hydrogen (secondary N) is 1. The summed E-state index contributed by atoms with van der Waals surface area (Å²) in [5.74, 6) is -1.46. The van der Waals surface area contributed by atoms with Crippen LogP contribution in [0.15, 0.2) is 0 Å². The summed E-state index contributed by atoms with van der Waals surface area (Å²) in [6.45, 7) is 0.119. The molecule has 19 heavy (non-hydrogen) atoms. The number of carboxylic acid groups (broad SMARTS) is 1. The van der Waals surface area contributed by atoms with Gasteiger partial charge < -0.3 is 5.11 Å². The van der Waals surface area contributed by atoms with E-state index in [1.807, 2.05) is 0 Å². The van der Waals surface area contributed by atoms with Crippen molar-refractivity contribution in [1.29, 1.82) is 0 Å². The van der Waals surface area contributed by atoms with Crippen molar-refractivity contribution in [2.75, 3.05) is 12.3 Å². The average molecular weight is 305 g/mol. The zero-order valence-corrected chi connectivity index (χ0v) is 11.2. The van der Waals surface area contributed by atoms with Gasteiger partial charge in [0, 0.05) is 19.4 Å². The first-order valence-electron chi connectivity index (χ1n) is 5.88. The minimum Gasteiger partial charge on any atom is -0.481 e. The molecule has 0 bridgehead atoms. The van der Waals surface area contributed by atoms with Crippen LogP contribution < -0.4 is 4.72 Å². The van der Waals surface area contributed by atoms with E-state index in [2.05, 4.69) is 4.72 Å². The minimum absolute atomic E-state index is 0.0261. The fourth-order valence-corrected chi connectivity index (χ4v) is 2.46. The molecule has 0 rings (SSSR count). The fraction of sp³-hybridized carbons (Fsp3) is 0.900. The van der Waals surface area contributed by atoms with E-state index < -0.39 is 40.8 Å². The van der Waals surface area contributed by atoms with Crippen molar-refractivity contribution in [1.82, 2.24) is 4.72 Å². The number of sulfonamides is 1. The molecule has 0 aromatic heterocycles. The van der Waals surface area contributed by atoms with Gasteiger partial charge in [-0.25, -0.2) is 13.1 Å². The highest BCUT2D eigenvalue weighted by Crippen LogP contribution is 2.21. The molecular weight excluding hydrogens is 287 g/mol. The molecule has 0 saturated carbocycles. The summed E-state index contributed by atoms with van der Waals surface area (Å²) in [4.78, 5) is 10.2. The van der Waals surface area contributed by atoms with Crippen LogP contribution in [0.3, 0.4) is 0 Å². The molecule has 0 aliphatic rings. The van der Waals surface area contributed by atoms with E-state index in [1.165, 1.54) is 0 Å². The Hall–Kier alpha value is -0.830. The molecule has 0 aliphatic carbocycles. The molecule has 0 fully saturated rings. The molecule has 0 spiro atoms. The molecule has 0 heterocycles. The molecule has 0 aliphatic heterocycles. The predicted molar refractivity (Wildman–Crippen MR) is 63.2 cm³/mol. The highest BCUT2D eigenvalue weighted by Gasteiger charge is 2.27. The molecule has 5 nitrogen and oxygen atoms in total. The molecule has 0 amide bonds. The normalized spacial score (nSPS) is 12.6. The average Bonchev–Trinajstić information content (AvgIpc) is 2.20. The largest absolute Gasteiger partial charge is 0.481 e. The first-order chi connectivity index (χ1) is 8.62. The van der Waals surface area contributed by atoms with Gasteiger partial charge in [-0.15, -0.1) is 0 Å². The number of unbranched alkanes of at least 4 members (excludes halogenated alkanes) is 2. The Labute approximate surface area is 110 Å². The van der Waals surface area contributed by atoms with E-state index in [0.29, 0.717) is 19.3 Å². The van der Waals surface area contributed by atoms with E-state index >= 15 is 0 Å². The van der Waals surface area contributed by atoms with Crippen LogP contribution in [-0.4, -0.2) is 38.0 Å². The Morgan fingerprint density at radius 2 is 1.74 bits per heavy atom.